The summed E-state index contributed by atoms with van der Waals surface area (Å²) in [5.41, 5.74) is 4.89. The van der Waals surface area contributed by atoms with Crippen molar-refractivity contribution in [1.82, 2.24) is 14.9 Å². The van der Waals surface area contributed by atoms with Crippen LogP contribution in [0.1, 0.15) is 60.8 Å². The number of amides is 2. The van der Waals surface area contributed by atoms with Crippen LogP contribution in [0.3, 0.4) is 0 Å². The lowest BCUT2D eigenvalue weighted by atomic mass is 9.90. The third-order valence-corrected chi connectivity index (χ3v) is 5.92. The standard InChI is InChI=1S/C28H32N4O4/c1-28(2,3)36-27(35)32(4)17-24(34)31-23-16-19(13-14-29-23)26-20(15-18-9-6-5-7-10-18)25-21(30-26)11-8-12-22(25)33/h5-7,9-10,13-14,16,30H,8,11-12,15,17H2,1-4H3,(H,29,31,34). The van der Waals surface area contributed by atoms with Gasteiger partial charge in [-0.3, -0.25) is 9.59 Å². The van der Waals surface area contributed by atoms with Gasteiger partial charge in [0.1, 0.15) is 18.0 Å². The number of H-pyrrole nitrogens is 1. The molecule has 36 heavy (non-hydrogen) atoms. The van der Waals surface area contributed by atoms with Crippen LogP contribution >= 0.6 is 0 Å². The minimum Gasteiger partial charge on any atom is -0.444 e. The molecule has 2 heterocycles. The number of likely N-dealkylation sites (N-methyl/N-ethyl adjacent to an activating group) is 1. The van der Waals surface area contributed by atoms with E-state index in [1.54, 1.807) is 33.0 Å². The first-order valence-electron chi connectivity index (χ1n) is 12.1. The lowest BCUT2D eigenvalue weighted by Crippen LogP contribution is -2.38. The maximum absolute atomic E-state index is 12.9. The van der Waals surface area contributed by atoms with Gasteiger partial charge in [-0.1, -0.05) is 30.3 Å². The Hall–Kier alpha value is -3.94. The van der Waals surface area contributed by atoms with E-state index >= 15 is 0 Å². The van der Waals surface area contributed by atoms with Crippen molar-refractivity contribution in [3.63, 3.8) is 0 Å². The zero-order valence-corrected chi connectivity index (χ0v) is 21.2. The lowest BCUT2D eigenvalue weighted by molar-refractivity contribution is -0.117. The van der Waals surface area contributed by atoms with Crippen LogP contribution < -0.4 is 5.32 Å². The van der Waals surface area contributed by atoms with Crippen LogP contribution in [0.4, 0.5) is 10.6 Å². The molecule has 0 fully saturated rings. The number of rotatable bonds is 6. The van der Waals surface area contributed by atoms with Gasteiger partial charge in [-0.25, -0.2) is 9.78 Å². The molecule has 1 aliphatic rings. The Morgan fingerprint density at radius 2 is 1.89 bits per heavy atom. The molecule has 0 unspecified atom stereocenters. The predicted molar refractivity (Wildman–Crippen MR) is 138 cm³/mol. The summed E-state index contributed by atoms with van der Waals surface area (Å²) in [5.74, 6) is 0.135. The molecule has 0 radical (unpaired) electrons. The van der Waals surface area contributed by atoms with E-state index in [2.05, 4.69) is 27.4 Å². The molecule has 0 saturated heterocycles. The number of Topliss-reactive ketones (excluding diaryl/α,β-unsaturated/α-hetero) is 1. The SMILES string of the molecule is CN(CC(=O)Nc1cc(-c2[nH]c3c(c2Cc2ccccc2)C(=O)CCC3)ccn1)C(=O)OC(C)(C)C. The molecule has 0 aliphatic heterocycles. The second-order valence-corrected chi connectivity index (χ2v) is 10.1. The number of ether oxygens (including phenoxy) is 1. The monoisotopic (exact) mass is 488 g/mol. The summed E-state index contributed by atoms with van der Waals surface area (Å²) in [7, 11) is 1.51. The number of pyridine rings is 1. The first-order valence-corrected chi connectivity index (χ1v) is 12.1. The van der Waals surface area contributed by atoms with Crippen molar-refractivity contribution in [2.75, 3.05) is 18.9 Å². The quantitative estimate of drug-likeness (QED) is 0.509. The Kier molecular flexibility index (Phi) is 7.24. The molecule has 8 heteroatoms. The van der Waals surface area contributed by atoms with Gasteiger partial charge in [0, 0.05) is 42.9 Å². The van der Waals surface area contributed by atoms with E-state index in [-0.39, 0.29) is 12.3 Å². The van der Waals surface area contributed by atoms with Crippen molar-refractivity contribution in [3.05, 3.63) is 71.0 Å². The van der Waals surface area contributed by atoms with E-state index in [0.29, 0.717) is 18.7 Å². The van der Waals surface area contributed by atoms with E-state index in [9.17, 15) is 14.4 Å². The van der Waals surface area contributed by atoms with Crippen LogP contribution in [-0.2, 0) is 22.4 Å². The van der Waals surface area contributed by atoms with Crippen LogP contribution in [0.25, 0.3) is 11.3 Å². The summed E-state index contributed by atoms with van der Waals surface area (Å²) in [6, 6.07) is 13.7. The number of ketones is 1. The number of nitrogens with zero attached hydrogens (tertiary/aromatic N) is 2. The van der Waals surface area contributed by atoms with Crippen LogP contribution in [0.15, 0.2) is 48.7 Å². The van der Waals surface area contributed by atoms with Gasteiger partial charge in [0.05, 0.1) is 5.69 Å². The average Bonchev–Trinajstić information content (AvgIpc) is 3.18. The highest BCUT2D eigenvalue weighted by Crippen LogP contribution is 2.35. The fraction of sp³-hybridized carbons (Fsp3) is 0.357. The largest absolute Gasteiger partial charge is 0.444 e. The Balaban J connectivity index is 1.57. The smallest absolute Gasteiger partial charge is 0.410 e. The van der Waals surface area contributed by atoms with Gasteiger partial charge in [0.25, 0.3) is 0 Å². The van der Waals surface area contributed by atoms with Crippen molar-refractivity contribution in [2.24, 2.45) is 0 Å². The van der Waals surface area contributed by atoms with Gasteiger partial charge in [0.2, 0.25) is 5.91 Å². The van der Waals surface area contributed by atoms with E-state index in [1.807, 2.05) is 24.3 Å². The van der Waals surface area contributed by atoms with Gasteiger partial charge in [0.15, 0.2) is 5.78 Å². The molecular formula is C28H32N4O4. The summed E-state index contributed by atoms with van der Waals surface area (Å²) in [4.78, 5) is 46.6. The number of carbonyl (C=O) groups is 3. The molecule has 8 nitrogen and oxygen atoms in total. The molecule has 3 aromatic rings. The molecule has 1 aliphatic carbocycles. The number of benzene rings is 1. The van der Waals surface area contributed by atoms with Crippen LogP contribution in [0.5, 0.6) is 0 Å². The highest BCUT2D eigenvalue weighted by Gasteiger charge is 2.27. The van der Waals surface area contributed by atoms with Crippen molar-refractivity contribution in [1.29, 1.82) is 0 Å². The highest BCUT2D eigenvalue weighted by atomic mass is 16.6. The third-order valence-electron chi connectivity index (χ3n) is 5.92. The third kappa shape index (κ3) is 6.00. The fourth-order valence-electron chi connectivity index (χ4n) is 4.35. The van der Waals surface area contributed by atoms with Crippen molar-refractivity contribution < 1.29 is 19.1 Å². The van der Waals surface area contributed by atoms with E-state index < -0.39 is 17.6 Å². The molecule has 2 amide bonds. The molecule has 4 rings (SSSR count). The molecule has 0 bridgehead atoms. The fourth-order valence-corrected chi connectivity index (χ4v) is 4.35. The molecule has 0 spiro atoms. The maximum atomic E-state index is 12.9. The van der Waals surface area contributed by atoms with Crippen LogP contribution in [0, 0.1) is 0 Å². The Morgan fingerprint density at radius 1 is 1.14 bits per heavy atom. The highest BCUT2D eigenvalue weighted by molar-refractivity contribution is 6.01. The summed E-state index contributed by atoms with van der Waals surface area (Å²) >= 11 is 0. The number of hydrogen-bond acceptors (Lipinski definition) is 5. The number of aromatic nitrogens is 2. The van der Waals surface area contributed by atoms with E-state index in [0.717, 1.165) is 46.5 Å². The molecule has 1 aromatic carbocycles. The average molecular weight is 489 g/mol. The Labute approximate surface area is 211 Å². The number of aromatic amines is 1. The molecule has 0 atom stereocenters. The Bertz CT molecular complexity index is 1270. The number of aryl methyl sites for hydroxylation is 1. The summed E-state index contributed by atoms with van der Waals surface area (Å²) in [5, 5.41) is 2.76. The second-order valence-electron chi connectivity index (χ2n) is 10.1. The summed E-state index contributed by atoms with van der Waals surface area (Å²) < 4.78 is 5.30. The molecule has 188 valence electrons. The van der Waals surface area contributed by atoms with Gasteiger partial charge < -0.3 is 19.9 Å². The summed E-state index contributed by atoms with van der Waals surface area (Å²) in [6.45, 7) is 5.14. The van der Waals surface area contributed by atoms with Gasteiger partial charge in [-0.2, -0.15) is 0 Å². The predicted octanol–water partition coefficient (Wildman–Crippen LogP) is 4.99. The number of hydrogen-bond donors (Lipinski definition) is 2. The lowest BCUT2D eigenvalue weighted by Gasteiger charge is -2.24. The first kappa shape index (κ1) is 25.2. The van der Waals surface area contributed by atoms with Gasteiger partial charge in [-0.05, 0) is 56.9 Å². The number of fused-ring (bicyclic) bond motifs is 1. The topological polar surface area (TPSA) is 104 Å². The zero-order chi connectivity index (χ0) is 25.9. The minimum absolute atomic E-state index is 0.164. The molecular weight excluding hydrogens is 456 g/mol. The summed E-state index contributed by atoms with van der Waals surface area (Å²) in [6.07, 6.45) is 3.88. The molecule has 2 N–H and O–H groups in total. The van der Waals surface area contributed by atoms with Crippen molar-refractivity contribution >= 4 is 23.6 Å². The molecule has 2 aromatic heterocycles. The number of carbonyl (C=O) groups excluding carboxylic acids is 3. The van der Waals surface area contributed by atoms with Crippen LogP contribution in [-0.4, -0.2) is 51.8 Å². The van der Waals surface area contributed by atoms with Gasteiger partial charge >= 0.3 is 6.09 Å². The van der Waals surface area contributed by atoms with Crippen molar-refractivity contribution in [2.45, 2.75) is 52.1 Å². The van der Waals surface area contributed by atoms with E-state index in [4.69, 9.17) is 4.74 Å². The number of nitrogens with one attached hydrogen (secondary N) is 2. The number of anilines is 1. The van der Waals surface area contributed by atoms with Crippen molar-refractivity contribution in [3.8, 4) is 11.3 Å². The first-order chi connectivity index (χ1) is 17.1. The maximum Gasteiger partial charge on any atom is 0.410 e. The minimum atomic E-state index is -0.647. The molecule has 0 saturated carbocycles. The van der Waals surface area contributed by atoms with E-state index in [1.165, 1.54) is 11.9 Å². The van der Waals surface area contributed by atoms with Crippen LogP contribution in [0.2, 0.25) is 0 Å². The normalized spacial score (nSPS) is 13.2. The zero-order valence-electron chi connectivity index (χ0n) is 21.2. The van der Waals surface area contributed by atoms with Gasteiger partial charge in [-0.15, -0.1) is 0 Å². The second kappa shape index (κ2) is 10.4. The Morgan fingerprint density at radius 3 is 2.61 bits per heavy atom.